The van der Waals surface area contributed by atoms with Crippen molar-refractivity contribution in [1.82, 2.24) is 9.97 Å². The second-order valence-corrected chi connectivity index (χ2v) is 6.07. The van der Waals surface area contributed by atoms with Crippen molar-refractivity contribution in [3.63, 3.8) is 0 Å². The van der Waals surface area contributed by atoms with Gasteiger partial charge < -0.3 is 0 Å². The van der Waals surface area contributed by atoms with Crippen molar-refractivity contribution in [3.05, 3.63) is 53.3 Å². The van der Waals surface area contributed by atoms with Gasteiger partial charge in [0.2, 0.25) is 0 Å². The molecule has 2 atom stereocenters. The van der Waals surface area contributed by atoms with E-state index in [0.717, 1.165) is 5.52 Å². The maximum atomic E-state index is 4.50. The second-order valence-electron chi connectivity index (χ2n) is 4.99. The molecule has 2 unspecified atom stereocenters. The first-order valence-electron chi connectivity index (χ1n) is 6.06. The van der Waals surface area contributed by atoms with Gasteiger partial charge in [-0.2, -0.15) is 0 Å². The molecule has 2 aliphatic carbocycles. The Morgan fingerprint density at radius 3 is 3.17 bits per heavy atom. The summed E-state index contributed by atoms with van der Waals surface area (Å²) >= 11 is 1.78. The van der Waals surface area contributed by atoms with E-state index in [9.17, 15) is 0 Å². The Morgan fingerprint density at radius 2 is 2.22 bits per heavy atom. The van der Waals surface area contributed by atoms with Gasteiger partial charge in [-0.25, -0.2) is 9.97 Å². The molecule has 2 aliphatic rings. The van der Waals surface area contributed by atoms with Crippen molar-refractivity contribution in [2.45, 2.75) is 12.3 Å². The largest absolute Gasteiger partial charge is 0.243 e. The number of thiophene rings is 1. The first-order valence-corrected chi connectivity index (χ1v) is 6.88. The zero-order chi connectivity index (χ0) is 12.2. The fourth-order valence-electron chi connectivity index (χ4n) is 2.96. The zero-order valence-electron chi connectivity index (χ0n) is 10.00. The molecular formula is C15H12N2S. The standard InChI is InChI=1S/C15H12N2S/c1-15-7-3-2-4-10(15)5-6-11-13(15)14-12(18-11)8-16-9-17-14/h2-10H,1H3. The number of nitrogens with zero attached hydrogens (tertiary/aromatic N) is 2. The summed E-state index contributed by atoms with van der Waals surface area (Å²) < 4.78 is 1.18. The molecule has 0 radical (unpaired) electrons. The third-order valence-electron chi connectivity index (χ3n) is 3.94. The van der Waals surface area contributed by atoms with Crippen LogP contribution in [0.1, 0.15) is 17.4 Å². The predicted molar refractivity (Wildman–Crippen MR) is 75.6 cm³/mol. The lowest BCUT2D eigenvalue weighted by molar-refractivity contribution is 0.498. The molecule has 0 N–H and O–H groups in total. The Bertz CT molecular complexity index is 723. The fraction of sp³-hybridized carbons (Fsp3) is 0.200. The highest BCUT2D eigenvalue weighted by Gasteiger charge is 2.38. The minimum absolute atomic E-state index is 0.0332. The van der Waals surface area contributed by atoms with Gasteiger partial charge in [0.05, 0.1) is 10.2 Å². The highest BCUT2D eigenvalue weighted by molar-refractivity contribution is 7.20. The zero-order valence-corrected chi connectivity index (χ0v) is 10.8. The average Bonchev–Trinajstić information content (AvgIpc) is 2.77. The maximum absolute atomic E-state index is 4.50. The van der Waals surface area contributed by atoms with Crippen LogP contribution in [0.5, 0.6) is 0 Å². The van der Waals surface area contributed by atoms with Crippen LogP contribution in [0.2, 0.25) is 0 Å². The van der Waals surface area contributed by atoms with Gasteiger partial charge in [-0.3, -0.25) is 0 Å². The lowest BCUT2D eigenvalue weighted by Crippen LogP contribution is -2.31. The Hall–Kier alpha value is -1.74. The molecule has 2 heterocycles. The first-order chi connectivity index (χ1) is 8.79. The van der Waals surface area contributed by atoms with Gasteiger partial charge in [0.1, 0.15) is 6.33 Å². The number of aromatic nitrogens is 2. The van der Waals surface area contributed by atoms with E-state index in [-0.39, 0.29) is 5.41 Å². The summed E-state index contributed by atoms with van der Waals surface area (Å²) in [6, 6.07) is 0. The number of rotatable bonds is 0. The minimum Gasteiger partial charge on any atom is -0.243 e. The summed E-state index contributed by atoms with van der Waals surface area (Å²) in [5, 5.41) is 0. The molecule has 0 saturated heterocycles. The maximum Gasteiger partial charge on any atom is 0.116 e. The number of hydrogen-bond donors (Lipinski definition) is 0. The molecule has 18 heavy (non-hydrogen) atoms. The Morgan fingerprint density at radius 1 is 1.28 bits per heavy atom. The molecule has 4 rings (SSSR count). The molecule has 88 valence electrons. The van der Waals surface area contributed by atoms with Crippen LogP contribution in [0.4, 0.5) is 0 Å². The third-order valence-corrected chi connectivity index (χ3v) is 5.02. The van der Waals surface area contributed by atoms with Crippen molar-refractivity contribution < 1.29 is 0 Å². The van der Waals surface area contributed by atoms with Gasteiger partial charge in [0, 0.05) is 28.0 Å². The summed E-state index contributed by atoms with van der Waals surface area (Å²) in [7, 11) is 0. The van der Waals surface area contributed by atoms with Crippen LogP contribution >= 0.6 is 11.3 Å². The molecule has 0 saturated carbocycles. The monoisotopic (exact) mass is 252 g/mol. The Kier molecular flexibility index (Phi) is 1.92. The molecular weight excluding hydrogens is 240 g/mol. The summed E-state index contributed by atoms with van der Waals surface area (Å²) in [5.41, 5.74) is 2.51. The molecule has 3 heteroatoms. The van der Waals surface area contributed by atoms with Gasteiger partial charge in [0.25, 0.3) is 0 Å². The van der Waals surface area contributed by atoms with Crippen LogP contribution < -0.4 is 0 Å². The molecule has 2 aromatic rings. The van der Waals surface area contributed by atoms with Crippen molar-refractivity contribution in [3.8, 4) is 0 Å². The third kappa shape index (κ3) is 1.17. The molecule has 0 amide bonds. The van der Waals surface area contributed by atoms with E-state index in [4.69, 9.17) is 0 Å². The van der Waals surface area contributed by atoms with Crippen LogP contribution in [0.25, 0.3) is 16.3 Å². The fourth-order valence-corrected chi connectivity index (χ4v) is 4.13. The quantitative estimate of drug-likeness (QED) is 0.714. The van der Waals surface area contributed by atoms with Crippen molar-refractivity contribution >= 4 is 27.6 Å². The molecule has 0 aliphatic heterocycles. The molecule has 2 aromatic heterocycles. The molecule has 2 nitrogen and oxygen atoms in total. The Labute approximate surface area is 109 Å². The smallest absolute Gasteiger partial charge is 0.116 e. The summed E-state index contributed by atoms with van der Waals surface area (Å²) in [4.78, 5) is 9.95. The number of fused-ring (bicyclic) bond motifs is 5. The summed E-state index contributed by atoms with van der Waals surface area (Å²) in [5.74, 6) is 0.433. The molecule has 0 fully saturated rings. The summed E-state index contributed by atoms with van der Waals surface area (Å²) in [6.45, 7) is 2.30. The minimum atomic E-state index is 0.0332. The predicted octanol–water partition coefficient (Wildman–Crippen LogP) is 3.72. The van der Waals surface area contributed by atoms with E-state index in [1.54, 1.807) is 17.7 Å². The van der Waals surface area contributed by atoms with Crippen molar-refractivity contribution in [1.29, 1.82) is 0 Å². The SMILES string of the molecule is CC12C=CC=CC1C=Cc1sc3cncnc3c12. The topological polar surface area (TPSA) is 25.8 Å². The van der Waals surface area contributed by atoms with Crippen LogP contribution in [0.15, 0.2) is 42.9 Å². The lowest BCUT2D eigenvalue weighted by Gasteiger charge is -2.36. The summed E-state index contributed by atoms with van der Waals surface area (Å²) in [6.07, 6.45) is 16.9. The normalized spacial score (nSPS) is 28.4. The molecule has 0 bridgehead atoms. The molecule has 0 aromatic carbocycles. The van der Waals surface area contributed by atoms with Crippen LogP contribution in [0, 0.1) is 5.92 Å². The van der Waals surface area contributed by atoms with Crippen LogP contribution in [-0.4, -0.2) is 9.97 Å². The number of hydrogen-bond acceptors (Lipinski definition) is 3. The average molecular weight is 252 g/mol. The number of allylic oxidation sites excluding steroid dienone is 5. The highest BCUT2D eigenvalue weighted by Crippen LogP contribution is 2.48. The first kappa shape index (κ1) is 10.2. The van der Waals surface area contributed by atoms with E-state index in [0.29, 0.717) is 5.92 Å². The van der Waals surface area contributed by atoms with Crippen molar-refractivity contribution in [2.75, 3.05) is 0 Å². The van der Waals surface area contributed by atoms with E-state index >= 15 is 0 Å². The van der Waals surface area contributed by atoms with E-state index in [1.807, 2.05) is 6.20 Å². The second kappa shape index (κ2) is 3.39. The van der Waals surface area contributed by atoms with Gasteiger partial charge >= 0.3 is 0 Å². The lowest BCUT2D eigenvalue weighted by atomic mass is 9.67. The highest BCUT2D eigenvalue weighted by atomic mass is 32.1. The molecule has 0 spiro atoms. The van der Waals surface area contributed by atoms with Gasteiger partial charge in [0.15, 0.2) is 0 Å². The van der Waals surface area contributed by atoms with E-state index in [2.05, 4.69) is 53.3 Å². The van der Waals surface area contributed by atoms with E-state index < -0.39 is 0 Å². The van der Waals surface area contributed by atoms with Crippen LogP contribution in [0.3, 0.4) is 0 Å². The van der Waals surface area contributed by atoms with Gasteiger partial charge in [-0.15, -0.1) is 11.3 Å². The van der Waals surface area contributed by atoms with E-state index in [1.165, 1.54) is 15.1 Å². The Balaban J connectivity index is 2.10. The van der Waals surface area contributed by atoms with Crippen LogP contribution in [-0.2, 0) is 5.41 Å². The van der Waals surface area contributed by atoms with Crippen molar-refractivity contribution in [2.24, 2.45) is 5.92 Å². The van der Waals surface area contributed by atoms with Gasteiger partial charge in [-0.1, -0.05) is 37.3 Å². The van der Waals surface area contributed by atoms with Gasteiger partial charge in [-0.05, 0) is 6.08 Å².